The predicted octanol–water partition coefficient (Wildman–Crippen LogP) is 3.07. The van der Waals surface area contributed by atoms with E-state index in [1.807, 2.05) is 39.9 Å². The van der Waals surface area contributed by atoms with Crippen molar-refractivity contribution in [3.63, 3.8) is 0 Å². The Morgan fingerprint density at radius 1 is 1.00 bits per heavy atom. The van der Waals surface area contributed by atoms with E-state index in [9.17, 15) is 13.2 Å². The maximum atomic E-state index is 12.6. The molecule has 0 saturated carbocycles. The number of anilines is 1. The Morgan fingerprint density at radius 3 is 2.46 bits per heavy atom. The molecule has 0 amide bonds. The molecule has 3 aromatic heterocycles. The normalized spacial score (nSPS) is 16.3. The van der Waals surface area contributed by atoms with Gasteiger partial charge in [0.05, 0.1) is 11.3 Å². The van der Waals surface area contributed by atoms with Gasteiger partial charge in [0.1, 0.15) is 11.5 Å². The van der Waals surface area contributed by atoms with Crippen LogP contribution in [0.3, 0.4) is 0 Å². The Morgan fingerprint density at radius 2 is 1.81 bits per heavy atom. The highest BCUT2D eigenvalue weighted by atomic mass is 19.4. The van der Waals surface area contributed by atoms with Crippen molar-refractivity contribution in [1.29, 1.82) is 0 Å². The van der Waals surface area contributed by atoms with Gasteiger partial charge in [0.25, 0.3) is 0 Å². The summed E-state index contributed by atoms with van der Waals surface area (Å²) in [5.41, 5.74) is 1.22. The molecule has 4 heterocycles. The van der Waals surface area contributed by atoms with Gasteiger partial charge in [-0.2, -0.15) is 13.2 Å². The Hall–Kier alpha value is -2.61. The van der Waals surface area contributed by atoms with Crippen LogP contribution in [-0.2, 0) is 12.7 Å². The van der Waals surface area contributed by atoms with E-state index in [4.69, 9.17) is 0 Å². The molecule has 0 aliphatic carbocycles. The monoisotopic (exact) mass is 361 g/mol. The minimum Gasteiger partial charge on any atom is -0.354 e. The number of piperazine rings is 1. The molecule has 8 heteroatoms. The number of hydrogen-bond donors (Lipinski definition) is 0. The average Bonchev–Trinajstić information content (AvgIpc) is 3.04. The Labute approximate surface area is 148 Å². The fourth-order valence-electron chi connectivity index (χ4n) is 3.17. The van der Waals surface area contributed by atoms with Gasteiger partial charge in [0.2, 0.25) is 0 Å². The van der Waals surface area contributed by atoms with Gasteiger partial charge in [0.15, 0.2) is 0 Å². The number of hydrogen-bond acceptors (Lipinski definition) is 4. The Balaban J connectivity index is 1.36. The van der Waals surface area contributed by atoms with Crippen molar-refractivity contribution in [3.05, 3.63) is 60.2 Å². The van der Waals surface area contributed by atoms with Crippen molar-refractivity contribution in [1.82, 2.24) is 19.3 Å². The van der Waals surface area contributed by atoms with Crippen LogP contribution in [0, 0.1) is 0 Å². The van der Waals surface area contributed by atoms with Gasteiger partial charge < -0.3 is 9.30 Å². The van der Waals surface area contributed by atoms with Gasteiger partial charge in [-0.25, -0.2) is 9.97 Å². The molecule has 0 atom stereocenters. The van der Waals surface area contributed by atoms with Crippen LogP contribution in [0.15, 0.2) is 48.9 Å². The molecule has 1 aliphatic heterocycles. The summed E-state index contributed by atoms with van der Waals surface area (Å²) >= 11 is 0. The third-order valence-corrected chi connectivity index (χ3v) is 4.57. The predicted molar refractivity (Wildman–Crippen MR) is 91.9 cm³/mol. The van der Waals surface area contributed by atoms with Crippen LogP contribution in [0.1, 0.15) is 11.3 Å². The zero-order valence-corrected chi connectivity index (χ0v) is 14.0. The maximum Gasteiger partial charge on any atom is 0.417 e. The topological polar surface area (TPSA) is 36.7 Å². The first-order valence-corrected chi connectivity index (χ1v) is 8.42. The highest BCUT2D eigenvalue weighted by molar-refractivity contribution is 5.41. The van der Waals surface area contributed by atoms with Crippen molar-refractivity contribution in [3.8, 4) is 0 Å². The third kappa shape index (κ3) is 3.50. The molecule has 0 unspecified atom stereocenters. The summed E-state index contributed by atoms with van der Waals surface area (Å²) in [4.78, 5) is 12.9. The summed E-state index contributed by atoms with van der Waals surface area (Å²) in [6, 6.07) is 8.43. The van der Waals surface area contributed by atoms with Gasteiger partial charge >= 0.3 is 6.18 Å². The Bertz CT molecular complexity index is 847. The van der Waals surface area contributed by atoms with Crippen LogP contribution in [-0.4, -0.2) is 45.4 Å². The lowest BCUT2D eigenvalue weighted by Crippen LogP contribution is -2.46. The average molecular weight is 361 g/mol. The summed E-state index contributed by atoms with van der Waals surface area (Å²) < 4.78 is 39.9. The van der Waals surface area contributed by atoms with E-state index in [-0.39, 0.29) is 0 Å². The molecule has 0 radical (unpaired) electrons. The molecule has 26 heavy (non-hydrogen) atoms. The fourth-order valence-corrected chi connectivity index (χ4v) is 3.17. The third-order valence-electron chi connectivity index (χ3n) is 4.57. The smallest absolute Gasteiger partial charge is 0.354 e. The first-order valence-electron chi connectivity index (χ1n) is 8.42. The molecule has 1 saturated heterocycles. The van der Waals surface area contributed by atoms with Gasteiger partial charge in [-0.15, -0.1) is 0 Å². The second-order valence-corrected chi connectivity index (χ2v) is 6.36. The molecule has 0 aromatic carbocycles. The van der Waals surface area contributed by atoms with Crippen LogP contribution in [0.2, 0.25) is 0 Å². The van der Waals surface area contributed by atoms with Gasteiger partial charge in [-0.1, -0.05) is 6.07 Å². The van der Waals surface area contributed by atoms with Crippen LogP contribution in [0.25, 0.3) is 5.65 Å². The first kappa shape index (κ1) is 16.8. The summed E-state index contributed by atoms with van der Waals surface area (Å²) in [5, 5.41) is 0. The first-order chi connectivity index (χ1) is 12.5. The number of alkyl halides is 3. The molecule has 1 fully saturated rings. The van der Waals surface area contributed by atoms with Crippen molar-refractivity contribution in [2.24, 2.45) is 0 Å². The molecular formula is C18H18F3N5. The zero-order chi connectivity index (χ0) is 18.1. The molecule has 5 nitrogen and oxygen atoms in total. The van der Waals surface area contributed by atoms with E-state index in [1.54, 1.807) is 0 Å². The van der Waals surface area contributed by atoms with Gasteiger partial charge in [-0.05, 0) is 24.3 Å². The van der Waals surface area contributed by atoms with Crippen molar-refractivity contribution >= 4 is 11.5 Å². The molecule has 0 spiro atoms. The highest BCUT2D eigenvalue weighted by Gasteiger charge is 2.31. The second-order valence-electron chi connectivity index (χ2n) is 6.36. The minimum absolute atomic E-state index is 0.588. The Kier molecular flexibility index (Phi) is 4.28. The standard InChI is InChI=1S/C18H18F3N5/c19-18(20,21)14-4-5-16(22-11-14)25-9-7-24(8-10-25)12-15-13-26-6-2-1-3-17(26)23-15/h1-6,11,13H,7-10,12H2. The lowest BCUT2D eigenvalue weighted by atomic mass is 10.2. The van der Waals surface area contributed by atoms with Gasteiger partial charge in [-0.3, -0.25) is 4.90 Å². The largest absolute Gasteiger partial charge is 0.417 e. The van der Waals surface area contributed by atoms with Crippen molar-refractivity contribution in [2.45, 2.75) is 12.7 Å². The van der Waals surface area contributed by atoms with E-state index in [2.05, 4.69) is 14.9 Å². The molecule has 0 N–H and O–H groups in total. The summed E-state index contributed by atoms with van der Waals surface area (Å²) in [6.07, 6.45) is 0.551. The molecule has 1 aliphatic rings. The summed E-state index contributed by atoms with van der Waals surface area (Å²) in [5.74, 6) is 0.588. The molecule has 136 valence electrons. The number of pyridine rings is 2. The molecule has 4 rings (SSSR count). The minimum atomic E-state index is -4.35. The SMILES string of the molecule is FC(F)(F)c1ccc(N2CCN(Cc3cn4ccccc4n3)CC2)nc1. The van der Waals surface area contributed by atoms with Gasteiger partial charge in [0, 0.05) is 51.3 Å². The lowest BCUT2D eigenvalue weighted by molar-refractivity contribution is -0.137. The number of halogens is 3. The quantitative estimate of drug-likeness (QED) is 0.719. The van der Waals surface area contributed by atoms with Crippen LogP contribution in [0.4, 0.5) is 19.0 Å². The van der Waals surface area contributed by atoms with E-state index >= 15 is 0 Å². The van der Waals surface area contributed by atoms with Crippen LogP contribution < -0.4 is 4.90 Å². The zero-order valence-electron chi connectivity index (χ0n) is 14.0. The summed E-state index contributed by atoms with van der Waals surface area (Å²) in [6.45, 7) is 3.85. The van der Waals surface area contributed by atoms with Crippen LogP contribution >= 0.6 is 0 Å². The lowest BCUT2D eigenvalue weighted by Gasteiger charge is -2.35. The number of nitrogens with zero attached hydrogens (tertiary/aromatic N) is 5. The van der Waals surface area contributed by atoms with Crippen molar-refractivity contribution < 1.29 is 13.2 Å². The number of aromatic nitrogens is 3. The van der Waals surface area contributed by atoms with Crippen molar-refractivity contribution in [2.75, 3.05) is 31.1 Å². The van der Waals surface area contributed by atoms with Crippen LogP contribution in [0.5, 0.6) is 0 Å². The molecule has 0 bridgehead atoms. The molecule has 3 aromatic rings. The fraction of sp³-hybridized carbons (Fsp3) is 0.333. The maximum absolute atomic E-state index is 12.6. The van der Waals surface area contributed by atoms with E-state index in [1.165, 1.54) is 6.07 Å². The highest BCUT2D eigenvalue weighted by Crippen LogP contribution is 2.29. The van der Waals surface area contributed by atoms with E-state index < -0.39 is 11.7 Å². The molecular weight excluding hydrogens is 343 g/mol. The number of imidazole rings is 1. The second kappa shape index (κ2) is 6.60. The van der Waals surface area contributed by atoms with E-state index in [0.717, 1.165) is 56.3 Å². The van der Waals surface area contributed by atoms with E-state index in [0.29, 0.717) is 5.82 Å². The summed E-state index contributed by atoms with van der Waals surface area (Å²) in [7, 11) is 0. The number of fused-ring (bicyclic) bond motifs is 1. The number of rotatable bonds is 3.